The zero-order valence-corrected chi connectivity index (χ0v) is 17.0. The summed E-state index contributed by atoms with van der Waals surface area (Å²) < 4.78 is 25.9. The maximum Gasteiger partial charge on any atom is 0.238 e. The Labute approximate surface area is 173 Å². The number of nitrogens with one attached hydrogen (secondary N) is 1. The first-order valence-corrected chi connectivity index (χ1v) is 10.4. The van der Waals surface area contributed by atoms with Crippen molar-refractivity contribution in [2.75, 3.05) is 5.32 Å². The fraction of sp³-hybridized carbons (Fsp3) is 0.100. The van der Waals surface area contributed by atoms with Crippen LogP contribution in [0.1, 0.15) is 11.3 Å². The SMILES string of the molecule is Cn1c(C#N)ccc1-c1ccc(NC(=O)Cc2ccccc2Cl)cc1S(N)(=O)=O. The van der Waals surface area contributed by atoms with Gasteiger partial charge in [-0.15, -0.1) is 0 Å². The summed E-state index contributed by atoms with van der Waals surface area (Å²) in [5.74, 6) is -0.350. The molecule has 1 amide bonds. The van der Waals surface area contributed by atoms with Crippen molar-refractivity contribution in [3.05, 3.63) is 70.9 Å². The zero-order valence-electron chi connectivity index (χ0n) is 15.4. The summed E-state index contributed by atoms with van der Waals surface area (Å²) in [7, 11) is -2.44. The Bertz CT molecular complexity index is 1240. The normalized spacial score (nSPS) is 11.1. The molecule has 0 aliphatic carbocycles. The molecule has 2 aromatic carbocycles. The first-order chi connectivity index (χ1) is 13.7. The molecule has 29 heavy (non-hydrogen) atoms. The minimum Gasteiger partial charge on any atom is -0.335 e. The number of hydrogen-bond acceptors (Lipinski definition) is 4. The monoisotopic (exact) mass is 428 g/mol. The van der Waals surface area contributed by atoms with E-state index in [-0.39, 0.29) is 22.9 Å². The first kappa shape index (κ1) is 20.6. The maximum absolute atomic E-state index is 12.4. The average molecular weight is 429 g/mol. The molecule has 3 aromatic rings. The molecule has 1 aromatic heterocycles. The predicted molar refractivity (Wildman–Crippen MR) is 111 cm³/mol. The van der Waals surface area contributed by atoms with E-state index in [0.717, 1.165) is 0 Å². The first-order valence-electron chi connectivity index (χ1n) is 8.47. The lowest BCUT2D eigenvalue weighted by atomic mass is 10.1. The standard InChI is InChI=1S/C20H17ClN4O3S/c1-25-15(12-22)7-9-18(25)16-8-6-14(11-19(16)29(23,27)28)24-20(26)10-13-4-2-3-5-17(13)21/h2-9,11H,10H2,1H3,(H,24,26)(H2,23,27,28). The quantitative estimate of drug-likeness (QED) is 0.649. The van der Waals surface area contributed by atoms with Gasteiger partial charge in [-0.05, 0) is 42.0 Å². The number of benzene rings is 2. The number of anilines is 1. The number of carbonyl (C=O) groups is 1. The Balaban J connectivity index is 1.94. The van der Waals surface area contributed by atoms with Crippen LogP contribution in [0.3, 0.4) is 0 Å². The van der Waals surface area contributed by atoms with Gasteiger partial charge >= 0.3 is 0 Å². The van der Waals surface area contributed by atoms with Gasteiger partial charge < -0.3 is 9.88 Å². The van der Waals surface area contributed by atoms with Gasteiger partial charge in [-0.25, -0.2) is 13.6 Å². The van der Waals surface area contributed by atoms with Gasteiger partial charge in [0.25, 0.3) is 0 Å². The molecule has 9 heteroatoms. The largest absolute Gasteiger partial charge is 0.335 e. The highest BCUT2D eigenvalue weighted by Gasteiger charge is 2.19. The fourth-order valence-electron chi connectivity index (χ4n) is 2.96. The molecule has 0 fully saturated rings. The van der Waals surface area contributed by atoms with E-state index in [1.165, 1.54) is 6.07 Å². The van der Waals surface area contributed by atoms with E-state index >= 15 is 0 Å². The molecule has 7 nitrogen and oxygen atoms in total. The van der Waals surface area contributed by atoms with Crippen LogP contribution in [0.15, 0.2) is 59.5 Å². The summed E-state index contributed by atoms with van der Waals surface area (Å²) >= 11 is 6.07. The molecule has 0 saturated carbocycles. The van der Waals surface area contributed by atoms with Crippen LogP contribution in [0.2, 0.25) is 5.02 Å². The third-order valence-corrected chi connectivity index (χ3v) is 5.71. The molecule has 0 radical (unpaired) electrons. The van der Waals surface area contributed by atoms with E-state index in [1.807, 2.05) is 6.07 Å². The Morgan fingerprint density at radius 2 is 1.93 bits per heavy atom. The van der Waals surface area contributed by atoms with Gasteiger partial charge in [0, 0.05) is 23.3 Å². The number of halogens is 1. The highest BCUT2D eigenvalue weighted by Crippen LogP contribution is 2.30. The second kappa shape index (κ2) is 8.09. The van der Waals surface area contributed by atoms with Crippen molar-refractivity contribution in [1.82, 2.24) is 4.57 Å². The van der Waals surface area contributed by atoms with Crippen LogP contribution in [0.4, 0.5) is 5.69 Å². The van der Waals surface area contributed by atoms with Crippen LogP contribution in [0.5, 0.6) is 0 Å². The molecule has 0 unspecified atom stereocenters. The molecule has 0 aliphatic rings. The van der Waals surface area contributed by atoms with Crippen molar-refractivity contribution in [3.63, 3.8) is 0 Å². The molecular formula is C20H17ClN4O3S. The summed E-state index contributed by atoms with van der Waals surface area (Å²) in [6.45, 7) is 0. The lowest BCUT2D eigenvalue weighted by Crippen LogP contribution is -2.17. The third-order valence-electron chi connectivity index (χ3n) is 4.39. The van der Waals surface area contributed by atoms with Crippen molar-refractivity contribution in [3.8, 4) is 17.3 Å². The van der Waals surface area contributed by atoms with Crippen LogP contribution in [0, 0.1) is 11.3 Å². The Morgan fingerprint density at radius 1 is 1.21 bits per heavy atom. The molecule has 0 bridgehead atoms. The van der Waals surface area contributed by atoms with Gasteiger partial charge in [-0.1, -0.05) is 29.8 Å². The maximum atomic E-state index is 12.4. The second-order valence-electron chi connectivity index (χ2n) is 6.35. The van der Waals surface area contributed by atoms with Crippen molar-refractivity contribution in [2.45, 2.75) is 11.3 Å². The van der Waals surface area contributed by atoms with Crippen LogP contribution in [-0.2, 0) is 28.3 Å². The van der Waals surface area contributed by atoms with Gasteiger partial charge in [-0.3, -0.25) is 4.79 Å². The van der Waals surface area contributed by atoms with Crippen molar-refractivity contribution >= 4 is 33.2 Å². The summed E-state index contributed by atoms with van der Waals surface area (Å²) in [6, 6.07) is 16.6. The molecule has 0 aliphatic heterocycles. The van der Waals surface area contributed by atoms with Crippen LogP contribution >= 0.6 is 11.6 Å². The van der Waals surface area contributed by atoms with Gasteiger partial charge in [0.1, 0.15) is 11.8 Å². The number of hydrogen-bond donors (Lipinski definition) is 2. The second-order valence-corrected chi connectivity index (χ2v) is 8.28. The third kappa shape index (κ3) is 4.49. The van der Waals surface area contributed by atoms with Crippen molar-refractivity contribution in [1.29, 1.82) is 5.26 Å². The molecular weight excluding hydrogens is 412 g/mol. The zero-order chi connectivity index (χ0) is 21.2. The summed E-state index contributed by atoms with van der Waals surface area (Å²) in [5.41, 5.74) is 2.16. The van der Waals surface area contributed by atoms with Gasteiger partial charge in [-0.2, -0.15) is 5.26 Å². The average Bonchev–Trinajstić information content (AvgIpc) is 3.03. The lowest BCUT2D eigenvalue weighted by Gasteiger charge is -2.13. The molecule has 0 atom stereocenters. The van der Waals surface area contributed by atoms with Gasteiger partial charge in [0.15, 0.2) is 0 Å². The number of carbonyl (C=O) groups excluding carboxylic acids is 1. The predicted octanol–water partition coefficient (Wildman–Crippen LogP) is 3.05. The number of aromatic nitrogens is 1. The van der Waals surface area contributed by atoms with E-state index in [9.17, 15) is 13.2 Å². The lowest BCUT2D eigenvalue weighted by molar-refractivity contribution is -0.115. The van der Waals surface area contributed by atoms with Crippen LogP contribution < -0.4 is 10.5 Å². The van der Waals surface area contributed by atoms with Gasteiger partial charge in [0.05, 0.1) is 17.0 Å². The number of primary sulfonamides is 1. The number of sulfonamides is 1. The van der Waals surface area contributed by atoms with Crippen LogP contribution in [0.25, 0.3) is 11.3 Å². The Kier molecular flexibility index (Phi) is 5.75. The molecule has 0 spiro atoms. The smallest absolute Gasteiger partial charge is 0.238 e. The Morgan fingerprint density at radius 3 is 2.55 bits per heavy atom. The molecule has 3 N–H and O–H groups in total. The van der Waals surface area contributed by atoms with E-state index < -0.39 is 10.0 Å². The van der Waals surface area contributed by atoms with Crippen LogP contribution in [-0.4, -0.2) is 18.9 Å². The topological polar surface area (TPSA) is 118 Å². The highest BCUT2D eigenvalue weighted by atomic mass is 35.5. The highest BCUT2D eigenvalue weighted by molar-refractivity contribution is 7.89. The number of nitrogens with zero attached hydrogens (tertiary/aromatic N) is 2. The number of amides is 1. The van der Waals surface area contributed by atoms with E-state index in [0.29, 0.717) is 27.5 Å². The molecule has 3 rings (SSSR count). The van der Waals surface area contributed by atoms with Crippen molar-refractivity contribution in [2.24, 2.45) is 12.2 Å². The molecule has 0 saturated heterocycles. The van der Waals surface area contributed by atoms with Crippen molar-refractivity contribution < 1.29 is 13.2 Å². The van der Waals surface area contributed by atoms with Gasteiger partial charge in [0.2, 0.25) is 15.9 Å². The molecule has 148 valence electrons. The van der Waals surface area contributed by atoms with E-state index in [4.69, 9.17) is 22.0 Å². The fourth-order valence-corrected chi connectivity index (χ4v) is 3.93. The Hall–Kier alpha value is -3.12. The summed E-state index contributed by atoms with van der Waals surface area (Å²) in [6.07, 6.45) is 0.0372. The minimum atomic E-state index is -4.09. The number of rotatable bonds is 5. The summed E-state index contributed by atoms with van der Waals surface area (Å²) in [4.78, 5) is 12.2. The number of nitrogens with two attached hydrogens (primary N) is 1. The summed E-state index contributed by atoms with van der Waals surface area (Å²) in [5, 5.41) is 17.7. The number of nitriles is 1. The minimum absolute atomic E-state index is 0.0372. The van der Waals surface area contributed by atoms with E-state index in [2.05, 4.69) is 5.32 Å². The van der Waals surface area contributed by atoms with E-state index in [1.54, 1.807) is 60.1 Å². The molecule has 1 heterocycles.